The highest BCUT2D eigenvalue weighted by molar-refractivity contribution is 6.31. The van der Waals surface area contributed by atoms with Gasteiger partial charge in [-0.15, -0.1) is 0 Å². The van der Waals surface area contributed by atoms with Crippen LogP contribution in [0.2, 0.25) is 5.15 Å². The second kappa shape index (κ2) is 8.30. The summed E-state index contributed by atoms with van der Waals surface area (Å²) >= 11 is 6.19. The van der Waals surface area contributed by atoms with Gasteiger partial charge in [-0.1, -0.05) is 23.7 Å². The highest BCUT2D eigenvalue weighted by atomic mass is 35.5. The highest BCUT2D eigenvalue weighted by Crippen LogP contribution is 2.25. The fourth-order valence-electron chi connectivity index (χ4n) is 3.21. The van der Waals surface area contributed by atoms with Crippen LogP contribution in [-0.4, -0.2) is 45.8 Å². The van der Waals surface area contributed by atoms with Crippen molar-refractivity contribution in [2.24, 2.45) is 0 Å². The van der Waals surface area contributed by atoms with Crippen molar-refractivity contribution in [3.05, 3.63) is 29.4 Å². The number of carbonyl (C=O) groups excluding carboxylic acids is 1. The molecule has 0 unspecified atom stereocenters. The van der Waals surface area contributed by atoms with Gasteiger partial charge in [0.1, 0.15) is 5.60 Å². The number of hydrogen-bond donors (Lipinski definition) is 0. The van der Waals surface area contributed by atoms with Crippen LogP contribution in [0.3, 0.4) is 0 Å². The van der Waals surface area contributed by atoms with Crippen LogP contribution in [0.1, 0.15) is 46.5 Å². The van der Waals surface area contributed by atoms with E-state index in [1.54, 1.807) is 0 Å². The monoisotopic (exact) mass is 391 g/mol. The van der Waals surface area contributed by atoms with Gasteiger partial charge in [0.15, 0.2) is 5.15 Å². The van der Waals surface area contributed by atoms with Crippen molar-refractivity contribution >= 4 is 28.7 Å². The molecule has 1 aromatic carbocycles. The van der Waals surface area contributed by atoms with Crippen molar-refractivity contribution in [3.8, 4) is 5.88 Å². The molecule has 6 nitrogen and oxygen atoms in total. The molecule has 1 fully saturated rings. The van der Waals surface area contributed by atoms with Gasteiger partial charge < -0.3 is 14.4 Å². The summed E-state index contributed by atoms with van der Waals surface area (Å²) in [5.41, 5.74) is 0.979. The van der Waals surface area contributed by atoms with E-state index in [-0.39, 0.29) is 17.3 Å². The van der Waals surface area contributed by atoms with Crippen molar-refractivity contribution in [1.82, 2.24) is 14.9 Å². The third kappa shape index (κ3) is 5.22. The average molecular weight is 392 g/mol. The minimum atomic E-state index is -0.496. The molecule has 2 heterocycles. The molecule has 3 rings (SSSR count). The van der Waals surface area contributed by atoms with Crippen molar-refractivity contribution in [2.45, 2.75) is 58.1 Å². The Morgan fingerprint density at radius 3 is 2.63 bits per heavy atom. The standard InChI is InChI=1S/C20H26ClN3O3/c1-20(2,3)27-19(25)24-12-7-6-8-14(24)11-13-26-18-17(21)22-15-9-4-5-10-16(15)23-18/h4-5,9-10,14H,6-8,11-13H2,1-3H3/t14-/m1/s1. The van der Waals surface area contributed by atoms with Crippen LogP contribution < -0.4 is 4.74 Å². The first-order valence-electron chi connectivity index (χ1n) is 9.38. The lowest BCUT2D eigenvalue weighted by Crippen LogP contribution is -2.46. The number of aromatic nitrogens is 2. The van der Waals surface area contributed by atoms with Gasteiger partial charge >= 0.3 is 6.09 Å². The number of fused-ring (bicyclic) bond motifs is 1. The zero-order chi connectivity index (χ0) is 19.4. The molecule has 0 spiro atoms. The minimum Gasteiger partial charge on any atom is -0.475 e. The van der Waals surface area contributed by atoms with Crippen LogP contribution in [0, 0.1) is 0 Å². The number of hydrogen-bond acceptors (Lipinski definition) is 5. The van der Waals surface area contributed by atoms with E-state index in [4.69, 9.17) is 21.1 Å². The molecule has 146 valence electrons. The minimum absolute atomic E-state index is 0.0980. The Morgan fingerprint density at radius 1 is 1.22 bits per heavy atom. The SMILES string of the molecule is CC(C)(C)OC(=O)N1CCCC[C@@H]1CCOc1nc2ccccc2nc1Cl. The first-order valence-corrected chi connectivity index (χ1v) is 9.76. The predicted molar refractivity (Wildman–Crippen MR) is 105 cm³/mol. The van der Waals surface area contributed by atoms with E-state index < -0.39 is 5.60 Å². The van der Waals surface area contributed by atoms with E-state index in [2.05, 4.69) is 9.97 Å². The van der Waals surface area contributed by atoms with E-state index >= 15 is 0 Å². The van der Waals surface area contributed by atoms with Crippen LogP contribution in [-0.2, 0) is 4.74 Å². The quantitative estimate of drug-likeness (QED) is 0.745. The zero-order valence-corrected chi connectivity index (χ0v) is 16.8. The maximum Gasteiger partial charge on any atom is 0.410 e. The molecule has 0 aliphatic carbocycles. The summed E-state index contributed by atoms with van der Waals surface area (Å²) in [6.45, 7) is 6.78. The van der Waals surface area contributed by atoms with E-state index in [1.165, 1.54) is 0 Å². The van der Waals surface area contributed by atoms with Gasteiger partial charge in [0.05, 0.1) is 17.6 Å². The van der Waals surface area contributed by atoms with E-state index in [1.807, 2.05) is 49.9 Å². The van der Waals surface area contributed by atoms with E-state index in [0.717, 1.165) is 36.8 Å². The molecule has 2 aromatic rings. The van der Waals surface area contributed by atoms with Crippen LogP contribution >= 0.6 is 11.6 Å². The smallest absolute Gasteiger partial charge is 0.410 e. The normalized spacial score (nSPS) is 17.8. The molecule has 0 saturated carbocycles. The molecular formula is C20H26ClN3O3. The second-order valence-corrected chi connectivity index (χ2v) is 8.13. The number of piperidine rings is 1. The summed E-state index contributed by atoms with van der Waals surface area (Å²) in [4.78, 5) is 23.1. The molecule has 1 aliphatic heterocycles. The lowest BCUT2D eigenvalue weighted by Gasteiger charge is -2.36. The van der Waals surface area contributed by atoms with Gasteiger partial charge in [-0.3, -0.25) is 0 Å². The lowest BCUT2D eigenvalue weighted by molar-refractivity contribution is 0.00738. The van der Waals surface area contributed by atoms with Gasteiger partial charge in [0.25, 0.3) is 5.88 Å². The van der Waals surface area contributed by atoms with E-state index in [0.29, 0.717) is 18.9 Å². The number of halogens is 1. The Morgan fingerprint density at radius 2 is 1.93 bits per heavy atom. The number of likely N-dealkylation sites (tertiary alicyclic amines) is 1. The summed E-state index contributed by atoms with van der Waals surface area (Å²) in [6.07, 6.45) is 3.49. The number of benzene rings is 1. The van der Waals surface area contributed by atoms with Gasteiger partial charge in [-0.2, -0.15) is 0 Å². The van der Waals surface area contributed by atoms with E-state index in [9.17, 15) is 4.79 Å². The molecule has 1 aliphatic rings. The van der Waals surface area contributed by atoms with Crippen molar-refractivity contribution in [3.63, 3.8) is 0 Å². The van der Waals surface area contributed by atoms with Gasteiger partial charge in [0.2, 0.25) is 0 Å². The Hall–Kier alpha value is -2.08. The van der Waals surface area contributed by atoms with Crippen LogP contribution in [0.5, 0.6) is 5.88 Å². The van der Waals surface area contributed by atoms with Crippen LogP contribution in [0.4, 0.5) is 4.79 Å². The first-order chi connectivity index (χ1) is 12.8. The number of carbonyl (C=O) groups is 1. The van der Waals surface area contributed by atoms with Gasteiger partial charge in [-0.25, -0.2) is 14.8 Å². The number of nitrogens with zero attached hydrogens (tertiary/aromatic N) is 3. The van der Waals surface area contributed by atoms with Crippen LogP contribution in [0.15, 0.2) is 24.3 Å². The van der Waals surface area contributed by atoms with Crippen molar-refractivity contribution in [2.75, 3.05) is 13.2 Å². The zero-order valence-electron chi connectivity index (χ0n) is 16.1. The maximum atomic E-state index is 12.5. The van der Waals surface area contributed by atoms with Crippen LogP contribution in [0.25, 0.3) is 11.0 Å². The molecule has 27 heavy (non-hydrogen) atoms. The molecule has 0 radical (unpaired) electrons. The summed E-state index contributed by atoms with van der Waals surface area (Å²) in [5.74, 6) is 0.329. The number of ether oxygens (including phenoxy) is 2. The first kappa shape index (κ1) is 19.7. The molecule has 1 amide bonds. The maximum absolute atomic E-state index is 12.5. The Bertz CT molecular complexity index is 807. The third-order valence-electron chi connectivity index (χ3n) is 4.44. The van der Waals surface area contributed by atoms with Gasteiger partial charge in [0, 0.05) is 19.0 Å². The summed E-state index contributed by atoms with van der Waals surface area (Å²) < 4.78 is 11.3. The van der Waals surface area contributed by atoms with Gasteiger partial charge in [-0.05, 0) is 52.2 Å². The molecule has 0 bridgehead atoms. The van der Waals surface area contributed by atoms with Crippen molar-refractivity contribution < 1.29 is 14.3 Å². The topological polar surface area (TPSA) is 64.5 Å². The molecule has 1 atom stereocenters. The second-order valence-electron chi connectivity index (χ2n) is 7.77. The number of amides is 1. The Balaban J connectivity index is 1.61. The number of para-hydroxylation sites is 2. The summed E-state index contributed by atoms with van der Waals surface area (Å²) in [6, 6.07) is 7.62. The summed E-state index contributed by atoms with van der Waals surface area (Å²) in [5, 5.41) is 0.251. The molecule has 1 saturated heterocycles. The average Bonchev–Trinajstić information content (AvgIpc) is 2.61. The van der Waals surface area contributed by atoms with Crippen molar-refractivity contribution in [1.29, 1.82) is 0 Å². The Labute approximate surface area is 164 Å². The number of rotatable bonds is 4. The lowest BCUT2D eigenvalue weighted by atomic mass is 10.0. The predicted octanol–water partition coefficient (Wildman–Crippen LogP) is 4.84. The fourth-order valence-corrected chi connectivity index (χ4v) is 3.40. The molecular weight excluding hydrogens is 366 g/mol. The fraction of sp³-hybridized carbons (Fsp3) is 0.550. The largest absolute Gasteiger partial charge is 0.475 e. The third-order valence-corrected chi connectivity index (χ3v) is 4.69. The summed E-state index contributed by atoms with van der Waals surface area (Å²) in [7, 11) is 0. The Kier molecular flexibility index (Phi) is 6.05. The highest BCUT2D eigenvalue weighted by Gasteiger charge is 2.30. The molecule has 0 N–H and O–H groups in total. The molecule has 1 aromatic heterocycles. The molecule has 7 heteroatoms.